The van der Waals surface area contributed by atoms with Crippen LogP contribution in [-0.2, 0) is 5.41 Å². The molecule has 2 rings (SSSR count). The highest BCUT2D eigenvalue weighted by atomic mass is 35.5. The Balaban J connectivity index is 2.38. The molecule has 2 nitrogen and oxygen atoms in total. The molecule has 2 N–H and O–H groups in total. The highest BCUT2D eigenvalue weighted by Crippen LogP contribution is 2.42. The highest BCUT2D eigenvalue weighted by Gasteiger charge is 2.34. The van der Waals surface area contributed by atoms with Crippen LogP contribution in [0.3, 0.4) is 0 Å². The van der Waals surface area contributed by atoms with E-state index in [1.165, 1.54) is 31.2 Å². The van der Waals surface area contributed by atoms with Crippen molar-refractivity contribution in [2.75, 3.05) is 13.7 Å². The number of nitrogens with two attached hydrogens (primary N) is 1. The summed E-state index contributed by atoms with van der Waals surface area (Å²) in [5.41, 5.74) is 7.38. The number of methoxy groups -OCH3 is 1. The molecule has 0 atom stereocenters. The van der Waals surface area contributed by atoms with Crippen LogP contribution in [-0.4, -0.2) is 13.7 Å². The van der Waals surface area contributed by atoms with E-state index >= 15 is 0 Å². The fourth-order valence-corrected chi connectivity index (χ4v) is 2.85. The van der Waals surface area contributed by atoms with Crippen molar-refractivity contribution >= 4 is 11.6 Å². The van der Waals surface area contributed by atoms with Gasteiger partial charge in [-0.3, -0.25) is 0 Å². The van der Waals surface area contributed by atoms with Crippen LogP contribution in [0.2, 0.25) is 5.02 Å². The Bertz CT molecular complexity index is 372. The van der Waals surface area contributed by atoms with E-state index in [4.69, 9.17) is 22.1 Å². The molecule has 0 unspecified atom stereocenters. The normalized spacial score (nSPS) is 18.7. The largest absolute Gasteiger partial charge is 0.495 e. The summed E-state index contributed by atoms with van der Waals surface area (Å²) >= 11 is 6.04. The van der Waals surface area contributed by atoms with Gasteiger partial charge in [-0.1, -0.05) is 30.5 Å². The van der Waals surface area contributed by atoms with Gasteiger partial charge in [-0.25, -0.2) is 0 Å². The maximum atomic E-state index is 6.04. The first kappa shape index (κ1) is 11.7. The molecule has 88 valence electrons. The topological polar surface area (TPSA) is 35.2 Å². The molecular weight excluding hydrogens is 222 g/mol. The van der Waals surface area contributed by atoms with Crippen molar-refractivity contribution in [3.05, 3.63) is 28.8 Å². The zero-order valence-electron chi connectivity index (χ0n) is 9.63. The molecule has 0 bridgehead atoms. The minimum atomic E-state index is 0.151. The van der Waals surface area contributed by atoms with Crippen molar-refractivity contribution in [1.29, 1.82) is 0 Å². The third kappa shape index (κ3) is 1.92. The minimum absolute atomic E-state index is 0.151. The van der Waals surface area contributed by atoms with Crippen molar-refractivity contribution in [1.82, 2.24) is 0 Å². The Labute approximate surface area is 102 Å². The number of benzene rings is 1. The average Bonchev–Trinajstić information content (AvgIpc) is 2.79. The van der Waals surface area contributed by atoms with E-state index in [-0.39, 0.29) is 5.41 Å². The van der Waals surface area contributed by atoms with Gasteiger partial charge in [0.15, 0.2) is 0 Å². The van der Waals surface area contributed by atoms with E-state index in [1.54, 1.807) is 7.11 Å². The predicted octanol–water partition coefficient (Wildman–Crippen LogP) is 3.12. The number of rotatable bonds is 3. The number of hydrogen-bond acceptors (Lipinski definition) is 2. The van der Waals surface area contributed by atoms with Gasteiger partial charge in [0.05, 0.1) is 12.1 Å². The number of ether oxygens (including phenoxy) is 1. The van der Waals surface area contributed by atoms with E-state index in [0.29, 0.717) is 11.6 Å². The lowest BCUT2D eigenvalue weighted by Gasteiger charge is -2.28. The smallest absolute Gasteiger partial charge is 0.137 e. The minimum Gasteiger partial charge on any atom is -0.495 e. The Kier molecular flexibility index (Phi) is 3.41. The van der Waals surface area contributed by atoms with E-state index in [1.807, 2.05) is 12.1 Å². The molecule has 0 aliphatic heterocycles. The van der Waals surface area contributed by atoms with Crippen LogP contribution in [0, 0.1) is 0 Å². The lowest BCUT2D eigenvalue weighted by atomic mass is 9.79. The van der Waals surface area contributed by atoms with Gasteiger partial charge in [-0.05, 0) is 30.5 Å². The maximum absolute atomic E-state index is 6.04. The quantitative estimate of drug-likeness (QED) is 0.880. The van der Waals surface area contributed by atoms with E-state index in [0.717, 1.165) is 5.75 Å². The summed E-state index contributed by atoms with van der Waals surface area (Å²) in [6.07, 6.45) is 4.88. The van der Waals surface area contributed by atoms with Crippen LogP contribution in [0.5, 0.6) is 5.75 Å². The predicted molar refractivity (Wildman–Crippen MR) is 67.2 cm³/mol. The third-order valence-corrected chi connectivity index (χ3v) is 4.03. The van der Waals surface area contributed by atoms with Crippen molar-refractivity contribution in [2.24, 2.45) is 5.73 Å². The Hall–Kier alpha value is -0.730. The molecule has 0 amide bonds. The van der Waals surface area contributed by atoms with Crippen molar-refractivity contribution < 1.29 is 4.74 Å². The van der Waals surface area contributed by atoms with Gasteiger partial charge in [0.25, 0.3) is 0 Å². The van der Waals surface area contributed by atoms with Gasteiger partial charge >= 0.3 is 0 Å². The van der Waals surface area contributed by atoms with Crippen LogP contribution in [0.1, 0.15) is 31.2 Å². The lowest BCUT2D eigenvalue weighted by Crippen LogP contribution is -2.31. The van der Waals surface area contributed by atoms with Gasteiger partial charge in [-0.2, -0.15) is 0 Å². The van der Waals surface area contributed by atoms with Gasteiger partial charge in [0.2, 0.25) is 0 Å². The lowest BCUT2D eigenvalue weighted by molar-refractivity contribution is 0.408. The highest BCUT2D eigenvalue weighted by molar-refractivity contribution is 6.32. The second-order valence-electron chi connectivity index (χ2n) is 4.54. The molecule has 1 aromatic rings. The summed E-state index contributed by atoms with van der Waals surface area (Å²) in [6, 6.07) is 6.04. The third-order valence-electron chi connectivity index (χ3n) is 3.71. The molecule has 1 aliphatic carbocycles. The Morgan fingerprint density at radius 3 is 2.62 bits per heavy atom. The first-order chi connectivity index (χ1) is 7.72. The molecule has 0 heterocycles. The van der Waals surface area contributed by atoms with Crippen LogP contribution in [0.25, 0.3) is 0 Å². The van der Waals surface area contributed by atoms with Crippen molar-refractivity contribution in [2.45, 2.75) is 31.1 Å². The summed E-state index contributed by atoms with van der Waals surface area (Å²) < 4.78 is 5.26. The van der Waals surface area contributed by atoms with E-state index in [2.05, 4.69) is 6.07 Å². The number of hydrogen-bond donors (Lipinski definition) is 1. The first-order valence-corrected chi connectivity index (χ1v) is 6.14. The summed E-state index contributed by atoms with van der Waals surface area (Å²) in [6.45, 7) is 0.706. The number of halogens is 1. The summed E-state index contributed by atoms with van der Waals surface area (Å²) in [4.78, 5) is 0. The molecule has 0 radical (unpaired) electrons. The van der Waals surface area contributed by atoms with Crippen molar-refractivity contribution in [3.8, 4) is 5.75 Å². The van der Waals surface area contributed by atoms with Gasteiger partial charge in [-0.15, -0.1) is 0 Å². The molecule has 1 aliphatic rings. The second-order valence-corrected chi connectivity index (χ2v) is 4.95. The first-order valence-electron chi connectivity index (χ1n) is 5.76. The summed E-state index contributed by atoms with van der Waals surface area (Å²) in [7, 11) is 1.65. The van der Waals surface area contributed by atoms with Crippen LogP contribution in [0.15, 0.2) is 18.2 Å². The van der Waals surface area contributed by atoms with Gasteiger partial charge < -0.3 is 10.5 Å². The SMILES string of the molecule is COc1cc(C2(CN)CCCC2)ccc1Cl. The summed E-state index contributed by atoms with van der Waals surface area (Å²) in [5, 5.41) is 0.663. The van der Waals surface area contributed by atoms with E-state index in [9.17, 15) is 0 Å². The fourth-order valence-electron chi connectivity index (χ4n) is 2.65. The van der Waals surface area contributed by atoms with Crippen LogP contribution >= 0.6 is 11.6 Å². The van der Waals surface area contributed by atoms with Crippen molar-refractivity contribution in [3.63, 3.8) is 0 Å². The van der Waals surface area contributed by atoms with Gasteiger partial charge in [0, 0.05) is 12.0 Å². The molecule has 1 aromatic carbocycles. The fraction of sp³-hybridized carbons (Fsp3) is 0.538. The molecule has 1 saturated carbocycles. The summed E-state index contributed by atoms with van der Waals surface area (Å²) in [5.74, 6) is 0.749. The monoisotopic (exact) mass is 239 g/mol. The molecule has 0 aromatic heterocycles. The van der Waals surface area contributed by atoms with Crippen LogP contribution in [0.4, 0.5) is 0 Å². The standard InChI is InChI=1S/C13H18ClNO/c1-16-12-8-10(4-5-11(12)14)13(9-15)6-2-3-7-13/h4-5,8H,2-3,6-7,9,15H2,1H3. The maximum Gasteiger partial charge on any atom is 0.137 e. The molecule has 16 heavy (non-hydrogen) atoms. The zero-order valence-corrected chi connectivity index (χ0v) is 10.4. The van der Waals surface area contributed by atoms with Crippen LogP contribution < -0.4 is 10.5 Å². The van der Waals surface area contributed by atoms with E-state index < -0.39 is 0 Å². The Morgan fingerprint density at radius 2 is 2.06 bits per heavy atom. The molecule has 1 fully saturated rings. The average molecular weight is 240 g/mol. The molecule has 0 saturated heterocycles. The zero-order chi connectivity index (χ0) is 11.6. The molecule has 3 heteroatoms. The molecular formula is C13H18ClNO. The molecule has 0 spiro atoms. The van der Waals surface area contributed by atoms with Gasteiger partial charge in [0.1, 0.15) is 5.75 Å². The second kappa shape index (κ2) is 4.64. The Morgan fingerprint density at radius 1 is 1.38 bits per heavy atom.